The van der Waals surface area contributed by atoms with Crippen molar-refractivity contribution in [2.24, 2.45) is 0 Å². The minimum atomic E-state index is -4.32. The van der Waals surface area contributed by atoms with Crippen LogP contribution in [0.1, 0.15) is 31.9 Å². The number of aliphatic hydroxyl groups is 1. The molecule has 0 saturated carbocycles. The standard InChI is InChI=1S/C16H20F3NO/c1-4-20(12-15(2,3)21)11-5-6-13-7-9-14(10-8-13)16(17,18)19/h7-10,21H,4,11-12H2,1-3H3. The molecular formula is C16H20F3NO. The van der Waals surface area contributed by atoms with E-state index in [1.165, 1.54) is 12.1 Å². The van der Waals surface area contributed by atoms with Gasteiger partial charge in [-0.1, -0.05) is 18.8 Å². The number of likely N-dealkylation sites (N-methyl/N-ethyl adjacent to an activating group) is 1. The largest absolute Gasteiger partial charge is 0.416 e. The number of hydrogen-bond acceptors (Lipinski definition) is 2. The van der Waals surface area contributed by atoms with Crippen LogP contribution < -0.4 is 0 Å². The maximum atomic E-state index is 12.4. The monoisotopic (exact) mass is 299 g/mol. The molecule has 0 amide bonds. The predicted molar refractivity (Wildman–Crippen MR) is 76.7 cm³/mol. The molecule has 0 spiro atoms. The van der Waals surface area contributed by atoms with Gasteiger partial charge in [0.2, 0.25) is 0 Å². The van der Waals surface area contributed by atoms with Gasteiger partial charge in [0.05, 0.1) is 17.7 Å². The van der Waals surface area contributed by atoms with E-state index in [1.807, 2.05) is 11.8 Å². The molecule has 5 heteroatoms. The second-order valence-corrected chi connectivity index (χ2v) is 5.49. The summed E-state index contributed by atoms with van der Waals surface area (Å²) in [6, 6.07) is 4.78. The first kappa shape index (κ1) is 17.5. The minimum Gasteiger partial charge on any atom is -0.389 e. The summed E-state index contributed by atoms with van der Waals surface area (Å²) in [5.74, 6) is 5.75. The average molecular weight is 299 g/mol. The van der Waals surface area contributed by atoms with Crippen LogP contribution in [-0.2, 0) is 6.18 Å². The second kappa shape index (κ2) is 6.97. The van der Waals surface area contributed by atoms with Crippen molar-refractivity contribution in [2.75, 3.05) is 19.6 Å². The van der Waals surface area contributed by atoms with Gasteiger partial charge in [-0.15, -0.1) is 0 Å². The number of benzene rings is 1. The van der Waals surface area contributed by atoms with Crippen molar-refractivity contribution >= 4 is 0 Å². The Hall–Kier alpha value is -1.51. The summed E-state index contributed by atoms with van der Waals surface area (Å²) in [4.78, 5) is 1.97. The number of hydrogen-bond donors (Lipinski definition) is 1. The smallest absolute Gasteiger partial charge is 0.389 e. The van der Waals surface area contributed by atoms with Crippen molar-refractivity contribution in [3.05, 3.63) is 35.4 Å². The molecular weight excluding hydrogens is 279 g/mol. The Kier molecular flexibility index (Phi) is 5.82. The first-order valence-electron chi connectivity index (χ1n) is 6.72. The highest BCUT2D eigenvalue weighted by atomic mass is 19.4. The van der Waals surface area contributed by atoms with Gasteiger partial charge >= 0.3 is 6.18 Å². The van der Waals surface area contributed by atoms with Crippen molar-refractivity contribution in [3.8, 4) is 11.8 Å². The number of nitrogens with zero attached hydrogens (tertiary/aromatic N) is 1. The summed E-state index contributed by atoms with van der Waals surface area (Å²) in [5, 5.41) is 9.75. The molecule has 0 unspecified atom stereocenters. The van der Waals surface area contributed by atoms with Crippen LogP contribution in [0.2, 0.25) is 0 Å². The lowest BCUT2D eigenvalue weighted by atomic mass is 10.1. The molecule has 2 nitrogen and oxygen atoms in total. The fourth-order valence-electron chi connectivity index (χ4n) is 1.82. The van der Waals surface area contributed by atoms with Gasteiger partial charge in [0.1, 0.15) is 0 Å². The molecule has 1 rings (SSSR count). The molecule has 0 radical (unpaired) electrons. The molecule has 0 saturated heterocycles. The summed E-state index contributed by atoms with van der Waals surface area (Å²) < 4.78 is 37.2. The molecule has 0 aromatic heterocycles. The van der Waals surface area contributed by atoms with Crippen LogP contribution in [0.15, 0.2) is 24.3 Å². The maximum absolute atomic E-state index is 12.4. The van der Waals surface area contributed by atoms with Crippen molar-refractivity contribution in [1.29, 1.82) is 0 Å². The zero-order chi connectivity index (χ0) is 16.1. The van der Waals surface area contributed by atoms with E-state index in [1.54, 1.807) is 13.8 Å². The van der Waals surface area contributed by atoms with Gasteiger partial charge in [0, 0.05) is 12.1 Å². The molecule has 0 fully saturated rings. The van der Waals surface area contributed by atoms with Crippen LogP contribution in [0.4, 0.5) is 13.2 Å². The highest BCUT2D eigenvalue weighted by Gasteiger charge is 2.29. The summed E-state index contributed by atoms with van der Waals surface area (Å²) in [6.07, 6.45) is -4.32. The van der Waals surface area contributed by atoms with Gasteiger partial charge in [-0.2, -0.15) is 13.2 Å². The number of alkyl halides is 3. The Bertz CT molecular complexity index is 504. The lowest BCUT2D eigenvalue weighted by molar-refractivity contribution is -0.137. The van der Waals surface area contributed by atoms with Crippen LogP contribution >= 0.6 is 0 Å². The Morgan fingerprint density at radius 2 is 1.71 bits per heavy atom. The lowest BCUT2D eigenvalue weighted by Crippen LogP contribution is -2.38. The van der Waals surface area contributed by atoms with Gasteiger partial charge in [-0.25, -0.2) is 0 Å². The van der Waals surface area contributed by atoms with Crippen LogP contribution in [-0.4, -0.2) is 35.2 Å². The molecule has 0 heterocycles. The second-order valence-electron chi connectivity index (χ2n) is 5.49. The molecule has 1 aromatic carbocycles. The van der Waals surface area contributed by atoms with Gasteiger partial charge in [-0.05, 0) is 44.7 Å². The van der Waals surface area contributed by atoms with Gasteiger partial charge in [0.15, 0.2) is 0 Å². The van der Waals surface area contributed by atoms with Crippen molar-refractivity contribution in [1.82, 2.24) is 4.90 Å². The molecule has 0 aliphatic carbocycles. The third-order valence-corrected chi connectivity index (χ3v) is 2.81. The van der Waals surface area contributed by atoms with Crippen LogP contribution in [0.25, 0.3) is 0 Å². The summed E-state index contributed by atoms with van der Waals surface area (Å²) >= 11 is 0. The molecule has 21 heavy (non-hydrogen) atoms. The van der Waals surface area contributed by atoms with Gasteiger partial charge in [-0.3, -0.25) is 4.90 Å². The molecule has 0 atom stereocenters. The molecule has 1 N–H and O–H groups in total. The predicted octanol–water partition coefficient (Wildman–Crippen LogP) is 3.15. The van der Waals surface area contributed by atoms with Gasteiger partial charge < -0.3 is 5.11 Å². The summed E-state index contributed by atoms with van der Waals surface area (Å²) in [5.41, 5.74) is -0.931. The first-order valence-corrected chi connectivity index (χ1v) is 6.72. The normalized spacial score (nSPS) is 12.2. The van der Waals surface area contributed by atoms with E-state index in [4.69, 9.17) is 0 Å². The maximum Gasteiger partial charge on any atom is 0.416 e. The van der Waals surface area contributed by atoms with Crippen LogP contribution in [0.5, 0.6) is 0 Å². The van der Waals surface area contributed by atoms with Gasteiger partial charge in [0.25, 0.3) is 0 Å². The summed E-state index contributed by atoms with van der Waals surface area (Å²) in [7, 11) is 0. The Balaban J connectivity index is 2.66. The Labute approximate surface area is 123 Å². The van der Waals surface area contributed by atoms with E-state index in [0.717, 1.165) is 18.7 Å². The van der Waals surface area contributed by atoms with E-state index in [-0.39, 0.29) is 0 Å². The Morgan fingerprint density at radius 1 is 1.14 bits per heavy atom. The zero-order valence-corrected chi connectivity index (χ0v) is 12.5. The third kappa shape index (κ3) is 6.65. The molecule has 0 bridgehead atoms. The van der Waals surface area contributed by atoms with E-state index in [9.17, 15) is 18.3 Å². The topological polar surface area (TPSA) is 23.5 Å². The van der Waals surface area contributed by atoms with E-state index in [2.05, 4.69) is 11.8 Å². The highest BCUT2D eigenvalue weighted by molar-refractivity contribution is 5.37. The Morgan fingerprint density at radius 3 is 2.14 bits per heavy atom. The number of rotatable bonds is 4. The molecule has 1 aromatic rings. The fourth-order valence-corrected chi connectivity index (χ4v) is 1.82. The van der Waals surface area contributed by atoms with E-state index >= 15 is 0 Å². The summed E-state index contributed by atoms with van der Waals surface area (Å²) in [6.45, 7) is 7.10. The average Bonchev–Trinajstić information content (AvgIpc) is 2.35. The van der Waals surface area contributed by atoms with E-state index in [0.29, 0.717) is 18.7 Å². The van der Waals surface area contributed by atoms with Crippen LogP contribution in [0, 0.1) is 11.8 Å². The SMILES string of the molecule is CCN(CC#Cc1ccc(C(F)(F)F)cc1)CC(C)(C)O. The van der Waals surface area contributed by atoms with Crippen molar-refractivity contribution < 1.29 is 18.3 Å². The van der Waals surface area contributed by atoms with Crippen molar-refractivity contribution in [3.63, 3.8) is 0 Å². The fraction of sp³-hybridized carbons (Fsp3) is 0.500. The first-order chi connectivity index (χ1) is 9.62. The third-order valence-electron chi connectivity index (χ3n) is 2.81. The van der Waals surface area contributed by atoms with Crippen molar-refractivity contribution in [2.45, 2.75) is 32.5 Å². The number of halogens is 3. The lowest BCUT2D eigenvalue weighted by Gasteiger charge is -2.26. The zero-order valence-electron chi connectivity index (χ0n) is 12.5. The minimum absolute atomic E-state index is 0.460. The van der Waals surface area contributed by atoms with Crippen LogP contribution in [0.3, 0.4) is 0 Å². The molecule has 0 aliphatic heterocycles. The quantitative estimate of drug-likeness (QED) is 0.863. The highest BCUT2D eigenvalue weighted by Crippen LogP contribution is 2.28. The molecule has 0 aliphatic rings. The molecule has 116 valence electrons. The van der Waals surface area contributed by atoms with E-state index < -0.39 is 17.3 Å².